The van der Waals surface area contributed by atoms with Crippen LogP contribution in [0.25, 0.3) is 0 Å². The smallest absolute Gasteiger partial charge is 0.307 e. The molecule has 4 aliphatic rings. The molecule has 1 spiro atoms. The van der Waals surface area contributed by atoms with Crippen LogP contribution in [0.1, 0.15) is 67.2 Å². The van der Waals surface area contributed by atoms with Crippen LogP contribution in [0.2, 0.25) is 18.1 Å². The van der Waals surface area contributed by atoms with E-state index in [2.05, 4.69) is 47.7 Å². The number of hydrogen-bond acceptors (Lipinski definition) is 3. The van der Waals surface area contributed by atoms with Crippen LogP contribution >= 0.6 is 0 Å². The van der Waals surface area contributed by atoms with Crippen LogP contribution in [0.5, 0.6) is 0 Å². The molecule has 0 radical (unpaired) electrons. The Hall–Kier alpha value is -0.613. The lowest BCUT2D eigenvalue weighted by atomic mass is 9.69. The average molecular weight is 377 g/mol. The lowest BCUT2D eigenvalue weighted by Gasteiger charge is -2.43. The number of esters is 1. The zero-order chi connectivity index (χ0) is 19.3. The van der Waals surface area contributed by atoms with E-state index in [4.69, 9.17) is 9.16 Å². The Labute approximate surface area is 160 Å². The summed E-state index contributed by atoms with van der Waals surface area (Å²) in [7, 11) is -1.82. The standard InChI is InChI=1S/C22H36O3Si/c1-13(23)24-19-15-9-10-16(25-26(7,8)20(2,3)4)17(15)18-21(5,6)11-14-12-22(14,18)19/h14,16-18H,9-12H2,1-8H3/t14-,16?,17-,18+,22-/m0/s1. The maximum absolute atomic E-state index is 11.9. The van der Waals surface area contributed by atoms with E-state index in [0.717, 1.165) is 18.6 Å². The van der Waals surface area contributed by atoms with Gasteiger partial charge in [0.05, 0.1) is 6.10 Å². The van der Waals surface area contributed by atoms with Crippen LogP contribution in [0, 0.1) is 28.6 Å². The summed E-state index contributed by atoms with van der Waals surface area (Å²) >= 11 is 0. The zero-order valence-corrected chi connectivity index (χ0v) is 18.9. The highest BCUT2D eigenvalue weighted by Gasteiger charge is 2.78. The van der Waals surface area contributed by atoms with Gasteiger partial charge in [-0.25, -0.2) is 0 Å². The van der Waals surface area contributed by atoms with Crippen LogP contribution in [0.3, 0.4) is 0 Å². The fraction of sp³-hybridized carbons (Fsp3) is 0.864. The first-order valence-electron chi connectivity index (χ1n) is 10.4. The Balaban J connectivity index is 1.71. The normalized spacial score (nSPS) is 40.3. The van der Waals surface area contributed by atoms with Gasteiger partial charge in [0.15, 0.2) is 8.32 Å². The van der Waals surface area contributed by atoms with E-state index >= 15 is 0 Å². The Morgan fingerprint density at radius 2 is 1.85 bits per heavy atom. The molecule has 26 heavy (non-hydrogen) atoms. The maximum atomic E-state index is 11.9. The molecule has 0 aromatic carbocycles. The third-order valence-electron chi connectivity index (χ3n) is 8.39. The van der Waals surface area contributed by atoms with Crippen molar-refractivity contribution < 1.29 is 14.0 Å². The van der Waals surface area contributed by atoms with E-state index in [9.17, 15) is 4.79 Å². The molecular formula is C22H36O3Si. The number of allylic oxidation sites excluding steroid dienone is 1. The summed E-state index contributed by atoms with van der Waals surface area (Å²) in [5, 5.41) is 0.224. The van der Waals surface area contributed by atoms with Crippen molar-refractivity contribution in [3.8, 4) is 0 Å². The van der Waals surface area contributed by atoms with Gasteiger partial charge in [0.1, 0.15) is 5.76 Å². The first-order chi connectivity index (χ1) is 11.8. The molecular weight excluding hydrogens is 340 g/mol. The minimum atomic E-state index is -1.82. The highest BCUT2D eigenvalue weighted by molar-refractivity contribution is 6.74. The fourth-order valence-corrected chi connectivity index (χ4v) is 7.88. The van der Waals surface area contributed by atoms with Gasteiger partial charge in [-0.05, 0) is 66.6 Å². The summed E-state index contributed by atoms with van der Waals surface area (Å²) in [6, 6.07) is 0. The summed E-state index contributed by atoms with van der Waals surface area (Å²) < 4.78 is 12.9. The topological polar surface area (TPSA) is 35.5 Å². The Bertz CT molecular complexity index is 684. The summed E-state index contributed by atoms with van der Waals surface area (Å²) in [5.41, 5.74) is 1.90. The molecule has 0 aliphatic heterocycles. The Kier molecular flexibility index (Phi) is 3.79. The molecule has 0 aromatic rings. The molecule has 146 valence electrons. The van der Waals surface area contributed by atoms with Crippen LogP contribution < -0.4 is 0 Å². The van der Waals surface area contributed by atoms with Gasteiger partial charge in [0, 0.05) is 18.3 Å². The third-order valence-corrected chi connectivity index (χ3v) is 12.9. The van der Waals surface area contributed by atoms with Crippen molar-refractivity contribution >= 4 is 14.3 Å². The second-order valence-electron chi connectivity index (χ2n) is 11.5. The number of carbonyl (C=O) groups excluding carboxylic acids is 1. The molecule has 4 aliphatic carbocycles. The van der Waals surface area contributed by atoms with Crippen LogP contribution in [-0.4, -0.2) is 20.4 Å². The minimum absolute atomic E-state index is 0.148. The van der Waals surface area contributed by atoms with E-state index in [1.807, 2.05) is 0 Å². The second kappa shape index (κ2) is 5.25. The van der Waals surface area contributed by atoms with Crippen molar-refractivity contribution in [2.45, 2.75) is 91.5 Å². The van der Waals surface area contributed by atoms with Crippen molar-refractivity contribution in [3.63, 3.8) is 0 Å². The number of hydrogen-bond donors (Lipinski definition) is 0. The maximum Gasteiger partial charge on any atom is 0.307 e. The molecule has 3 saturated carbocycles. The molecule has 4 rings (SSSR count). The van der Waals surface area contributed by atoms with Gasteiger partial charge < -0.3 is 9.16 Å². The third kappa shape index (κ3) is 2.37. The van der Waals surface area contributed by atoms with Crippen molar-refractivity contribution in [1.82, 2.24) is 0 Å². The molecule has 3 fully saturated rings. The quantitative estimate of drug-likeness (QED) is 0.470. The molecule has 0 saturated heterocycles. The lowest BCUT2D eigenvalue weighted by Crippen LogP contribution is -2.46. The van der Waals surface area contributed by atoms with E-state index in [0.29, 0.717) is 29.3 Å². The molecule has 5 atom stereocenters. The van der Waals surface area contributed by atoms with Gasteiger partial charge in [-0.15, -0.1) is 0 Å². The van der Waals surface area contributed by atoms with Gasteiger partial charge >= 0.3 is 5.97 Å². The molecule has 0 amide bonds. The van der Waals surface area contributed by atoms with Gasteiger partial charge in [-0.1, -0.05) is 34.6 Å². The van der Waals surface area contributed by atoms with E-state index in [1.165, 1.54) is 18.4 Å². The van der Waals surface area contributed by atoms with Gasteiger partial charge in [-0.2, -0.15) is 0 Å². The fourth-order valence-electron chi connectivity index (χ4n) is 6.51. The van der Waals surface area contributed by atoms with Crippen LogP contribution in [0.15, 0.2) is 11.3 Å². The van der Waals surface area contributed by atoms with Gasteiger partial charge in [-0.3, -0.25) is 4.79 Å². The Morgan fingerprint density at radius 3 is 2.42 bits per heavy atom. The summed E-state index contributed by atoms with van der Waals surface area (Å²) in [4.78, 5) is 11.9. The first kappa shape index (κ1) is 18.7. The molecule has 0 N–H and O–H groups in total. The summed E-state index contributed by atoms with van der Waals surface area (Å²) in [6.07, 6.45) is 4.92. The highest BCUT2D eigenvalue weighted by atomic mass is 28.4. The van der Waals surface area contributed by atoms with Crippen LogP contribution in [-0.2, 0) is 14.0 Å². The molecule has 0 aromatic heterocycles. The first-order valence-corrected chi connectivity index (χ1v) is 13.3. The summed E-state index contributed by atoms with van der Waals surface area (Å²) in [5.74, 6) is 2.69. The second-order valence-corrected chi connectivity index (χ2v) is 16.3. The average Bonchev–Trinajstić information content (AvgIpc) is 2.76. The predicted octanol–water partition coefficient (Wildman–Crippen LogP) is 5.67. The van der Waals surface area contributed by atoms with E-state index in [-0.39, 0.29) is 16.4 Å². The largest absolute Gasteiger partial charge is 0.431 e. The van der Waals surface area contributed by atoms with Gasteiger partial charge in [0.25, 0.3) is 0 Å². The predicted molar refractivity (Wildman–Crippen MR) is 106 cm³/mol. The summed E-state index contributed by atoms with van der Waals surface area (Å²) in [6.45, 7) is 18.1. The van der Waals surface area contributed by atoms with E-state index in [1.54, 1.807) is 6.92 Å². The zero-order valence-electron chi connectivity index (χ0n) is 17.9. The molecule has 0 heterocycles. The molecule has 0 bridgehead atoms. The molecule has 4 heteroatoms. The SMILES string of the molecule is CC(=O)OC1=C2CCC(O[Si](C)(C)C(C)(C)C)[C@H]2[C@@H]2C(C)(C)C[C@H]3C[C@]132. The van der Waals surface area contributed by atoms with Crippen LogP contribution in [0.4, 0.5) is 0 Å². The van der Waals surface area contributed by atoms with E-state index < -0.39 is 8.32 Å². The highest BCUT2D eigenvalue weighted by Crippen LogP contribution is 2.82. The van der Waals surface area contributed by atoms with Crippen molar-refractivity contribution in [3.05, 3.63) is 11.3 Å². The lowest BCUT2D eigenvalue weighted by molar-refractivity contribution is -0.138. The molecule has 3 nitrogen and oxygen atoms in total. The number of ether oxygens (including phenoxy) is 1. The minimum Gasteiger partial charge on any atom is -0.431 e. The Morgan fingerprint density at radius 1 is 1.19 bits per heavy atom. The van der Waals surface area contributed by atoms with Crippen molar-refractivity contribution in [1.29, 1.82) is 0 Å². The number of fused-ring (bicyclic) bond motifs is 2. The van der Waals surface area contributed by atoms with Crippen molar-refractivity contribution in [2.75, 3.05) is 0 Å². The van der Waals surface area contributed by atoms with Crippen molar-refractivity contribution in [2.24, 2.45) is 28.6 Å². The van der Waals surface area contributed by atoms with Gasteiger partial charge in [0.2, 0.25) is 0 Å². The number of rotatable bonds is 3. The monoisotopic (exact) mass is 376 g/mol. The number of carbonyl (C=O) groups is 1. The molecule has 1 unspecified atom stereocenters.